The number of hydrogen-bond acceptors (Lipinski definition) is 2. The Balaban J connectivity index is 3.52. The molecule has 0 spiro atoms. The van der Waals surface area contributed by atoms with E-state index in [0.717, 1.165) is 13.1 Å². The summed E-state index contributed by atoms with van der Waals surface area (Å²) in [4.78, 5) is 10.7. The lowest BCUT2D eigenvalue weighted by molar-refractivity contribution is -0.124. The highest BCUT2D eigenvalue weighted by Gasteiger charge is 2.00. The molecule has 0 aliphatic rings. The van der Waals surface area contributed by atoms with Crippen molar-refractivity contribution in [3.63, 3.8) is 0 Å². The first-order valence-electron chi connectivity index (χ1n) is 3.58. The van der Waals surface area contributed by atoms with Crippen molar-refractivity contribution in [2.24, 2.45) is 0 Å². The first-order chi connectivity index (χ1) is 4.74. The van der Waals surface area contributed by atoms with Crippen LogP contribution < -0.4 is 5.43 Å². The number of rotatable bonds is 4. The van der Waals surface area contributed by atoms with Gasteiger partial charge in [0.2, 0.25) is 5.91 Å². The Morgan fingerprint density at radius 2 is 2.00 bits per heavy atom. The minimum Gasteiger partial charge on any atom is -0.289 e. The van der Waals surface area contributed by atoms with Crippen LogP contribution in [0.15, 0.2) is 0 Å². The monoisotopic (exact) mass is 143 g/mol. The van der Waals surface area contributed by atoms with Crippen molar-refractivity contribution in [2.45, 2.75) is 20.3 Å². The average Bonchev–Trinajstić information content (AvgIpc) is 1.99. The zero-order chi connectivity index (χ0) is 7.98. The molecule has 59 valence electrons. The number of carbonyl (C=O) groups excluding carboxylic acids is 1. The molecule has 0 saturated carbocycles. The molecule has 0 bridgehead atoms. The zero-order valence-corrected chi connectivity index (χ0v) is 6.68. The van der Waals surface area contributed by atoms with E-state index < -0.39 is 0 Å². The summed E-state index contributed by atoms with van der Waals surface area (Å²) < 4.78 is 0. The molecule has 10 heavy (non-hydrogen) atoms. The maximum atomic E-state index is 10.7. The van der Waals surface area contributed by atoms with Gasteiger partial charge in [-0.05, 0) is 6.92 Å². The van der Waals surface area contributed by atoms with E-state index in [2.05, 4.69) is 12.3 Å². The number of carbonyl (C=O) groups is 1. The lowest BCUT2D eigenvalue weighted by atomic mass is 10.5. The molecule has 0 heterocycles. The smallest absolute Gasteiger partial charge is 0.234 e. The van der Waals surface area contributed by atoms with Gasteiger partial charge in [0.25, 0.3) is 0 Å². The Kier molecular flexibility index (Phi) is 4.94. The highest BCUT2D eigenvalue weighted by molar-refractivity contribution is 5.75. The molecule has 0 unspecified atom stereocenters. The normalized spacial score (nSPS) is 10.0. The highest BCUT2D eigenvalue weighted by Crippen LogP contribution is 1.81. The van der Waals surface area contributed by atoms with Crippen LogP contribution in [-0.2, 0) is 4.79 Å². The quantitative estimate of drug-likeness (QED) is 0.584. The third kappa shape index (κ3) is 3.45. The predicted octanol–water partition coefficient (Wildman–Crippen LogP) is 0.584. The predicted molar refractivity (Wildman–Crippen MR) is 41.0 cm³/mol. The van der Waals surface area contributed by atoms with Crippen molar-refractivity contribution in [1.82, 2.24) is 10.4 Å². The number of hydrazine groups is 1. The number of amides is 1. The van der Waals surface area contributed by atoms with Crippen molar-refractivity contribution in [3.05, 3.63) is 6.92 Å². The SMILES string of the molecule is [CH2]CC(=O)NN(CC)CC. The van der Waals surface area contributed by atoms with Crippen LogP contribution in [0.25, 0.3) is 0 Å². The van der Waals surface area contributed by atoms with E-state index in [1.807, 2.05) is 18.9 Å². The van der Waals surface area contributed by atoms with Crippen LogP contribution in [0, 0.1) is 6.92 Å². The van der Waals surface area contributed by atoms with E-state index in [1.54, 1.807) is 0 Å². The van der Waals surface area contributed by atoms with E-state index in [0.29, 0.717) is 6.42 Å². The van der Waals surface area contributed by atoms with Crippen LogP contribution in [0.3, 0.4) is 0 Å². The molecule has 3 nitrogen and oxygen atoms in total. The molecule has 0 fully saturated rings. The molecular formula is C7H15N2O. The Hall–Kier alpha value is -0.570. The fourth-order valence-corrected chi connectivity index (χ4v) is 0.614. The maximum Gasteiger partial charge on any atom is 0.234 e. The van der Waals surface area contributed by atoms with Crippen LogP contribution >= 0.6 is 0 Å². The summed E-state index contributed by atoms with van der Waals surface area (Å²) in [6, 6.07) is 0. The van der Waals surface area contributed by atoms with Gasteiger partial charge >= 0.3 is 0 Å². The molecule has 0 aromatic rings. The van der Waals surface area contributed by atoms with Gasteiger partial charge in [-0.25, -0.2) is 5.01 Å². The van der Waals surface area contributed by atoms with Crippen LogP contribution in [0.4, 0.5) is 0 Å². The first-order valence-corrected chi connectivity index (χ1v) is 3.58. The summed E-state index contributed by atoms with van der Waals surface area (Å²) >= 11 is 0. The third-order valence-corrected chi connectivity index (χ3v) is 1.27. The van der Waals surface area contributed by atoms with E-state index in [1.165, 1.54) is 0 Å². The van der Waals surface area contributed by atoms with Gasteiger partial charge in [-0.2, -0.15) is 0 Å². The van der Waals surface area contributed by atoms with Crippen molar-refractivity contribution >= 4 is 5.91 Å². The molecule has 1 N–H and O–H groups in total. The van der Waals surface area contributed by atoms with E-state index in [9.17, 15) is 4.79 Å². The van der Waals surface area contributed by atoms with Gasteiger partial charge < -0.3 is 0 Å². The highest BCUT2D eigenvalue weighted by atomic mass is 16.2. The van der Waals surface area contributed by atoms with E-state index in [-0.39, 0.29) is 5.91 Å². The Morgan fingerprint density at radius 3 is 2.30 bits per heavy atom. The Morgan fingerprint density at radius 1 is 1.50 bits per heavy atom. The lowest BCUT2D eigenvalue weighted by Gasteiger charge is -2.18. The minimum absolute atomic E-state index is 0.0244. The summed E-state index contributed by atoms with van der Waals surface area (Å²) in [6.45, 7) is 9.13. The summed E-state index contributed by atoms with van der Waals surface area (Å²) in [5.41, 5.74) is 2.70. The van der Waals surface area contributed by atoms with Gasteiger partial charge in [-0.15, -0.1) is 0 Å². The molecule has 1 radical (unpaired) electrons. The fourth-order valence-electron chi connectivity index (χ4n) is 0.614. The van der Waals surface area contributed by atoms with Crippen LogP contribution in [0.1, 0.15) is 20.3 Å². The second-order valence-electron chi connectivity index (χ2n) is 1.96. The second-order valence-corrected chi connectivity index (χ2v) is 1.96. The maximum absolute atomic E-state index is 10.7. The third-order valence-electron chi connectivity index (χ3n) is 1.27. The molecule has 0 aromatic heterocycles. The van der Waals surface area contributed by atoms with Crippen molar-refractivity contribution in [2.75, 3.05) is 13.1 Å². The molecule has 0 atom stereocenters. The van der Waals surface area contributed by atoms with Crippen molar-refractivity contribution < 1.29 is 4.79 Å². The Bertz CT molecular complexity index is 99.8. The van der Waals surface area contributed by atoms with Crippen LogP contribution in [0.5, 0.6) is 0 Å². The molecule has 3 heteroatoms. The number of hydrogen-bond donors (Lipinski definition) is 1. The van der Waals surface area contributed by atoms with Gasteiger partial charge in [0.05, 0.1) is 0 Å². The summed E-state index contributed by atoms with van der Waals surface area (Å²) in [7, 11) is 0. The first kappa shape index (κ1) is 9.43. The molecule has 0 aliphatic carbocycles. The van der Waals surface area contributed by atoms with Gasteiger partial charge in [0, 0.05) is 19.5 Å². The number of nitrogens with one attached hydrogen (secondary N) is 1. The molecule has 0 saturated heterocycles. The summed E-state index contributed by atoms with van der Waals surface area (Å²) in [5.74, 6) is -0.0244. The number of nitrogens with zero attached hydrogens (tertiary/aromatic N) is 1. The topological polar surface area (TPSA) is 32.3 Å². The van der Waals surface area contributed by atoms with Crippen molar-refractivity contribution in [1.29, 1.82) is 0 Å². The van der Waals surface area contributed by atoms with Gasteiger partial charge in [-0.3, -0.25) is 10.2 Å². The average molecular weight is 143 g/mol. The molecule has 0 rings (SSSR count). The molecule has 0 aromatic carbocycles. The standard InChI is InChI=1S/C7H15N2O/c1-4-7(10)8-9(5-2)6-3/h1,4-6H2,2-3H3,(H,8,10). The molecule has 0 aliphatic heterocycles. The summed E-state index contributed by atoms with van der Waals surface area (Å²) in [5, 5.41) is 1.84. The van der Waals surface area contributed by atoms with Gasteiger partial charge in [0.1, 0.15) is 0 Å². The second kappa shape index (κ2) is 5.23. The van der Waals surface area contributed by atoms with Crippen LogP contribution in [0.2, 0.25) is 0 Å². The molecule has 1 amide bonds. The van der Waals surface area contributed by atoms with Gasteiger partial charge in [0.15, 0.2) is 0 Å². The molecular weight excluding hydrogens is 128 g/mol. The van der Waals surface area contributed by atoms with Crippen LogP contribution in [-0.4, -0.2) is 24.0 Å². The minimum atomic E-state index is -0.0244. The largest absolute Gasteiger partial charge is 0.289 e. The van der Waals surface area contributed by atoms with E-state index in [4.69, 9.17) is 0 Å². The summed E-state index contributed by atoms with van der Waals surface area (Å²) in [6.07, 6.45) is 0.302. The lowest BCUT2D eigenvalue weighted by Crippen LogP contribution is -2.41. The Labute approximate surface area is 62.4 Å². The van der Waals surface area contributed by atoms with E-state index >= 15 is 0 Å². The fraction of sp³-hybridized carbons (Fsp3) is 0.714. The van der Waals surface area contributed by atoms with Gasteiger partial charge in [-0.1, -0.05) is 13.8 Å². The zero-order valence-electron chi connectivity index (χ0n) is 6.68. The van der Waals surface area contributed by atoms with Crippen molar-refractivity contribution in [3.8, 4) is 0 Å².